The fourth-order valence-electron chi connectivity index (χ4n) is 3.29. The van der Waals surface area contributed by atoms with Crippen LogP contribution < -0.4 is 15.0 Å². The number of benzene rings is 2. The Morgan fingerprint density at radius 3 is 2.41 bits per heavy atom. The lowest BCUT2D eigenvalue weighted by Gasteiger charge is -2.23. The molecule has 3 rings (SSSR count). The Hall–Kier alpha value is -3.34. The number of hydrogen-bond donors (Lipinski definition) is 2. The van der Waals surface area contributed by atoms with Crippen LogP contribution in [0.4, 0.5) is 28.0 Å². The third-order valence-corrected chi connectivity index (χ3v) is 5.12. The van der Waals surface area contributed by atoms with Crippen molar-refractivity contribution in [2.75, 3.05) is 12.0 Å². The summed E-state index contributed by atoms with van der Waals surface area (Å²) in [6.07, 6.45) is -4.86. The number of carboxylic acids is 1. The van der Waals surface area contributed by atoms with E-state index >= 15 is 4.39 Å². The van der Waals surface area contributed by atoms with Crippen molar-refractivity contribution in [3.05, 3.63) is 58.1 Å². The van der Waals surface area contributed by atoms with Crippen LogP contribution in [0.3, 0.4) is 0 Å². The van der Waals surface area contributed by atoms with E-state index < -0.39 is 58.2 Å². The van der Waals surface area contributed by atoms with Gasteiger partial charge in [0.2, 0.25) is 5.67 Å². The van der Waals surface area contributed by atoms with E-state index in [0.29, 0.717) is 12.1 Å². The summed E-state index contributed by atoms with van der Waals surface area (Å²) in [5.41, 5.74) is -6.06. The first-order valence-corrected chi connectivity index (χ1v) is 9.32. The molecule has 0 spiro atoms. The SMILES string of the molecule is COc1ccc(Cl)cc1C1(F)C(=O)N(C(=O)NC(C)C(=O)O)c2cc(C(F)(F)F)ccc21. The number of carbonyl (C=O) groups is 3. The van der Waals surface area contributed by atoms with Crippen molar-refractivity contribution < 1.29 is 41.8 Å². The molecule has 0 bridgehead atoms. The summed E-state index contributed by atoms with van der Waals surface area (Å²) in [4.78, 5) is 37.0. The Bertz CT molecular complexity index is 1120. The lowest BCUT2D eigenvalue weighted by Crippen LogP contribution is -2.50. The summed E-state index contributed by atoms with van der Waals surface area (Å²) in [7, 11) is 1.18. The number of alkyl halides is 4. The number of urea groups is 1. The number of ether oxygens (including phenoxy) is 1. The number of methoxy groups -OCH3 is 1. The van der Waals surface area contributed by atoms with Crippen LogP contribution in [-0.2, 0) is 21.4 Å². The Morgan fingerprint density at radius 1 is 1.19 bits per heavy atom. The minimum Gasteiger partial charge on any atom is -0.496 e. The molecule has 1 aliphatic rings. The Kier molecular flexibility index (Phi) is 5.81. The average molecular weight is 475 g/mol. The number of anilines is 1. The Labute approximate surface area is 183 Å². The molecule has 2 atom stereocenters. The van der Waals surface area contributed by atoms with Gasteiger partial charge in [-0.3, -0.25) is 9.59 Å². The molecule has 2 aromatic rings. The van der Waals surface area contributed by atoms with Crippen LogP contribution in [-0.4, -0.2) is 36.2 Å². The Balaban J connectivity index is 2.26. The summed E-state index contributed by atoms with van der Waals surface area (Å²) in [5, 5.41) is 10.9. The molecule has 12 heteroatoms. The number of carbonyl (C=O) groups excluding carboxylic acids is 2. The highest BCUT2D eigenvalue weighted by Crippen LogP contribution is 2.51. The fourth-order valence-corrected chi connectivity index (χ4v) is 3.46. The number of amides is 3. The molecule has 2 aromatic carbocycles. The van der Waals surface area contributed by atoms with Crippen LogP contribution in [0.5, 0.6) is 5.75 Å². The number of hydrogen-bond acceptors (Lipinski definition) is 4. The average Bonchev–Trinajstić information content (AvgIpc) is 2.94. The summed E-state index contributed by atoms with van der Waals surface area (Å²) in [6.45, 7) is 1.07. The Morgan fingerprint density at radius 2 is 1.84 bits per heavy atom. The van der Waals surface area contributed by atoms with Gasteiger partial charge in [0.15, 0.2) is 0 Å². The van der Waals surface area contributed by atoms with Gasteiger partial charge in [-0.15, -0.1) is 0 Å². The van der Waals surface area contributed by atoms with E-state index in [9.17, 15) is 27.6 Å². The number of carboxylic acid groups (broad SMARTS) is 1. The highest BCUT2D eigenvalue weighted by molar-refractivity contribution is 6.31. The van der Waals surface area contributed by atoms with Gasteiger partial charge in [0.05, 0.1) is 18.4 Å². The molecule has 0 radical (unpaired) electrons. The molecule has 0 aliphatic carbocycles. The van der Waals surface area contributed by atoms with Crippen molar-refractivity contribution in [1.29, 1.82) is 0 Å². The smallest absolute Gasteiger partial charge is 0.416 e. The molecule has 32 heavy (non-hydrogen) atoms. The number of fused-ring (bicyclic) bond motifs is 1. The number of imide groups is 1. The quantitative estimate of drug-likeness (QED) is 0.650. The second kappa shape index (κ2) is 7.97. The molecule has 170 valence electrons. The van der Waals surface area contributed by atoms with Crippen molar-refractivity contribution in [2.45, 2.75) is 24.8 Å². The maximum Gasteiger partial charge on any atom is 0.416 e. The topological polar surface area (TPSA) is 95.9 Å². The van der Waals surface area contributed by atoms with Gasteiger partial charge in [0.1, 0.15) is 11.8 Å². The monoisotopic (exact) mass is 474 g/mol. The van der Waals surface area contributed by atoms with Crippen molar-refractivity contribution in [1.82, 2.24) is 5.32 Å². The predicted octanol–water partition coefficient (Wildman–Crippen LogP) is 4.11. The van der Waals surface area contributed by atoms with Crippen LogP contribution >= 0.6 is 11.6 Å². The molecule has 2 unspecified atom stereocenters. The van der Waals surface area contributed by atoms with Crippen LogP contribution in [0.15, 0.2) is 36.4 Å². The van der Waals surface area contributed by atoms with E-state index in [1.54, 1.807) is 0 Å². The molecule has 7 nitrogen and oxygen atoms in total. The van der Waals surface area contributed by atoms with Crippen LogP contribution in [0, 0.1) is 0 Å². The van der Waals surface area contributed by atoms with E-state index in [4.69, 9.17) is 21.4 Å². The van der Waals surface area contributed by atoms with E-state index in [0.717, 1.165) is 19.1 Å². The molecule has 3 amide bonds. The van der Waals surface area contributed by atoms with Gasteiger partial charge in [-0.25, -0.2) is 14.1 Å². The van der Waals surface area contributed by atoms with Gasteiger partial charge < -0.3 is 15.2 Å². The standard InChI is InChI=1S/C20H15ClF4N2O5/c1-9(16(28)29)26-18(31)27-14-7-10(20(23,24)25)3-5-12(14)19(22,17(27)30)13-8-11(21)4-6-15(13)32-2/h3-9H,1-2H3,(H,26,31)(H,28,29). The zero-order valence-corrected chi connectivity index (χ0v) is 17.2. The largest absolute Gasteiger partial charge is 0.496 e. The zero-order valence-electron chi connectivity index (χ0n) is 16.5. The minimum atomic E-state index is -4.86. The van der Waals surface area contributed by atoms with Gasteiger partial charge in [-0.05, 0) is 37.3 Å². The highest BCUT2D eigenvalue weighted by atomic mass is 35.5. The molecule has 1 heterocycles. The first-order valence-electron chi connectivity index (χ1n) is 8.94. The molecule has 0 saturated carbocycles. The van der Waals surface area contributed by atoms with Crippen LogP contribution in [0.25, 0.3) is 0 Å². The maximum atomic E-state index is 16.5. The van der Waals surface area contributed by atoms with Crippen molar-refractivity contribution in [3.63, 3.8) is 0 Å². The molecule has 1 aliphatic heterocycles. The molecule has 0 saturated heterocycles. The first kappa shape index (κ1) is 23.3. The van der Waals surface area contributed by atoms with Gasteiger partial charge >= 0.3 is 18.2 Å². The minimum absolute atomic E-state index is 0.00138. The van der Waals surface area contributed by atoms with Gasteiger partial charge in [0, 0.05) is 16.1 Å². The number of halogens is 5. The number of nitrogens with one attached hydrogen (secondary N) is 1. The van der Waals surface area contributed by atoms with Crippen molar-refractivity contribution in [3.8, 4) is 5.75 Å². The van der Waals surface area contributed by atoms with Crippen molar-refractivity contribution >= 4 is 35.2 Å². The number of nitrogens with zero attached hydrogens (tertiary/aromatic N) is 1. The third-order valence-electron chi connectivity index (χ3n) is 4.88. The van der Waals surface area contributed by atoms with E-state index in [1.165, 1.54) is 19.2 Å². The maximum absolute atomic E-state index is 16.5. The van der Waals surface area contributed by atoms with E-state index in [1.807, 2.05) is 5.32 Å². The zero-order chi connectivity index (χ0) is 24.0. The van der Waals surface area contributed by atoms with Gasteiger partial charge in [0.25, 0.3) is 5.91 Å². The fraction of sp³-hybridized carbons (Fsp3) is 0.250. The first-order chi connectivity index (χ1) is 14.8. The molecule has 0 fully saturated rings. The molecular weight excluding hydrogens is 460 g/mol. The number of aliphatic carboxylic acids is 1. The summed E-state index contributed by atoms with van der Waals surface area (Å²) >= 11 is 5.94. The normalized spacial score (nSPS) is 18.8. The van der Waals surface area contributed by atoms with Crippen molar-refractivity contribution in [2.24, 2.45) is 0 Å². The predicted molar refractivity (Wildman–Crippen MR) is 104 cm³/mol. The third kappa shape index (κ3) is 3.72. The molecule has 0 aromatic heterocycles. The second-order valence-corrected chi connectivity index (χ2v) is 7.32. The lowest BCUT2D eigenvalue weighted by molar-refractivity contribution is -0.139. The van der Waals surface area contributed by atoms with Gasteiger partial charge in [-0.2, -0.15) is 13.2 Å². The molecule has 2 N–H and O–H groups in total. The molecular formula is C20H15ClF4N2O5. The van der Waals surface area contributed by atoms with Gasteiger partial charge in [-0.1, -0.05) is 17.7 Å². The second-order valence-electron chi connectivity index (χ2n) is 6.88. The highest BCUT2D eigenvalue weighted by Gasteiger charge is 2.57. The van der Waals surface area contributed by atoms with E-state index in [-0.39, 0.29) is 15.7 Å². The summed E-state index contributed by atoms with van der Waals surface area (Å²) in [5.74, 6) is -3.17. The lowest BCUT2D eigenvalue weighted by atomic mass is 9.88. The van der Waals surface area contributed by atoms with E-state index in [2.05, 4.69) is 0 Å². The summed E-state index contributed by atoms with van der Waals surface area (Å²) in [6, 6.07) is 2.48. The van der Waals surface area contributed by atoms with Crippen LogP contribution in [0.1, 0.15) is 23.6 Å². The summed E-state index contributed by atoms with van der Waals surface area (Å²) < 4.78 is 61.4. The van der Waals surface area contributed by atoms with Crippen LogP contribution in [0.2, 0.25) is 5.02 Å². The number of rotatable bonds is 4.